The van der Waals surface area contributed by atoms with Gasteiger partial charge in [-0.1, -0.05) is 17.7 Å². The molecular weight excluding hydrogens is 326 g/mol. The minimum absolute atomic E-state index is 0.330. The van der Waals surface area contributed by atoms with E-state index in [1.165, 1.54) is 0 Å². The van der Waals surface area contributed by atoms with Crippen LogP contribution >= 0.6 is 11.6 Å². The molecule has 1 unspecified atom stereocenters. The molecule has 1 atom stereocenters. The van der Waals surface area contributed by atoms with E-state index in [4.69, 9.17) is 22.3 Å². The van der Waals surface area contributed by atoms with Crippen molar-refractivity contribution in [1.82, 2.24) is 10.4 Å². The number of nitrogens with one attached hydrogen (secondary N) is 1. The SMILES string of the molecule is CC1=NNC2N=C(N(C)c3cccc(Cl)c3)c3ccc(N)nc3N12. The first kappa shape index (κ1) is 14.8. The zero-order chi connectivity index (χ0) is 16.8. The molecule has 2 aliphatic heterocycles. The lowest BCUT2D eigenvalue weighted by atomic mass is 10.1. The summed E-state index contributed by atoms with van der Waals surface area (Å²) in [4.78, 5) is 13.2. The van der Waals surface area contributed by atoms with E-state index in [9.17, 15) is 0 Å². The highest BCUT2D eigenvalue weighted by Gasteiger charge is 2.35. The lowest BCUT2D eigenvalue weighted by Crippen LogP contribution is -2.46. The molecule has 24 heavy (non-hydrogen) atoms. The van der Waals surface area contributed by atoms with Crippen LogP contribution in [0.4, 0.5) is 17.3 Å². The summed E-state index contributed by atoms with van der Waals surface area (Å²) in [5, 5.41) is 4.93. The van der Waals surface area contributed by atoms with Crippen molar-refractivity contribution in [3.8, 4) is 0 Å². The van der Waals surface area contributed by atoms with Crippen LogP contribution in [-0.4, -0.2) is 30.0 Å². The number of halogens is 1. The monoisotopic (exact) mass is 341 g/mol. The average molecular weight is 342 g/mol. The number of amidine groups is 2. The van der Waals surface area contributed by atoms with Gasteiger partial charge in [-0.05, 0) is 37.3 Å². The van der Waals surface area contributed by atoms with Gasteiger partial charge in [0.2, 0.25) is 6.29 Å². The highest BCUT2D eigenvalue weighted by atomic mass is 35.5. The molecule has 0 spiro atoms. The van der Waals surface area contributed by atoms with Crippen molar-refractivity contribution in [1.29, 1.82) is 0 Å². The Kier molecular flexibility index (Phi) is 3.31. The molecule has 122 valence electrons. The Morgan fingerprint density at radius 2 is 2.12 bits per heavy atom. The third-order valence-corrected chi connectivity index (χ3v) is 4.29. The maximum absolute atomic E-state index is 6.12. The van der Waals surface area contributed by atoms with Crippen LogP contribution in [0.1, 0.15) is 12.5 Å². The largest absolute Gasteiger partial charge is 0.384 e. The second-order valence-corrected chi connectivity index (χ2v) is 6.07. The molecule has 0 saturated heterocycles. The average Bonchev–Trinajstić information content (AvgIpc) is 2.94. The van der Waals surface area contributed by atoms with E-state index < -0.39 is 0 Å². The maximum atomic E-state index is 6.12. The van der Waals surface area contributed by atoms with Gasteiger partial charge in [0.1, 0.15) is 17.5 Å². The minimum Gasteiger partial charge on any atom is -0.384 e. The fraction of sp³-hybridized carbons (Fsp3) is 0.188. The second kappa shape index (κ2) is 5.38. The van der Waals surface area contributed by atoms with Gasteiger partial charge in [-0.3, -0.25) is 10.3 Å². The summed E-state index contributed by atoms with van der Waals surface area (Å²) in [6.45, 7) is 1.91. The number of aromatic nitrogens is 1. The van der Waals surface area contributed by atoms with E-state index in [1.807, 2.05) is 54.1 Å². The Labute approximate surface area is 144 Å². The number of fused-ring (bicyclic) bond motifs is 3. The van der Waals surface area contributed by atoms with E-state index in [2.05, 4.69) is 15.5 Å². The molecule has 0 bridgehead atoms. The number of nitrogens with two attached hydrogens (primary N) is 1. The van der Waals surface area contributed by atoms with Crippen LogP contribution < -0.4 is 21.0 Å². The number of aliphatic imine (C=N–C) groups is 1. The molecule has 2 aromatic rings. The van der Waals surface area contributed by atoms with Gasteiger partial charge in [-0.25, -0.2) is 9.98 Å². The van der Waals surface area contributed by atoms with Gasteiger partial charge in [-0.2, -0.15) is 5.10 Å². The molecule has 0 fully saturated rings. The zero-order valence-electron chi connectivity index (χ0n) is 13.2. The lowest BCUT2D eigenvalue weighted by Gasteiger charge is -2.33. The topological polar surface area (TPSA) is 82.1 Å². The van der Waals surface area contributed by atoms with Crippen LogP contribution in [0, 0.1) is 0 Å². The molecule has 1 aromatic heterocycles. The molecule has 0 aliphatic carbocycles. The molecule has 2 aliphatic rings. The van der Waals surface area contributed by atoms with Gasteiger partial charge in [0.25, 0.3) is 0 Å². The zero-order valence-corrected chi connectivity index (χ0v) is 14.0. The fourth-order valence-electron chi connectivity index (χ4n) is 2.88. The Hall–Kier alpha value is -2.80. The number of anilines is 3. The number of pyridine rings is 1. The van der Waals surface area contributed by atoms with E-state index in [0.717, 1.165) is 28.7 Å². The first-order valence-corrected chi connectivity index (χ1v) is 7.85. The number of hydrazone groups is 1. The molecular formula is C16H16ClN7. The number of rotatable bonds is 1. The Morgan fingerprint density at radius 1 is 1.29 bits per heavy atom. The molecule has 0 saturated carbocycles. The highest BCUT2D eigenvalue weighted by molar-refractivity contribution is 6.31. The molecule has 8 heteroatoms. The van der Waals surface area contributed by atoms with Crippen LogP contribution in [0.25, 0.3) is 0 Å². The fourth-order valence-corrected chi connectivity index (χ4v) is 3.06. The first-order valence-electron chi connectivity index (χ1n) is 7.47. The van der Waals surface area contributed by atoms with E-state index in [-0.39, 0.29) is 6.29 Å². The quantitative estimate of drug-likeness (QED) is 0.831. The number of nitrogens with zero attached hydrogens (tertiary/aromatic N) is 5. The summed E-state index contributed by atoms with van der Waals surface area (Å²) >= 11 is 6.12. The normalized spacial score (nSPS) is 18.3. The van der Waals surface area contributed by atoms with Gasteiger partial charge in [0.05, 0.1) is 5.56 Å². The molecule has 0 amide bonds. The first-order chi connectivity index (χ1) is 11.5. The summed E-state index contributed by atoms with van der Waals surface area (Å²) < 4.78 is 0. The van der Waals surface area contributed by atoms with E-state index >= 15 is 0 Å². The molecule has 1 aromatic carbocycles. The van der Waals surface area contributed by atoms with Crippen molar-refractivity contribution in [2.75, 3.05) is 22.6 Å². The van der Waals surface area contributed by atoms with Crippen molar-refractivity contribution < 1.29 is 0 Å². The van der Waals surface area contributed by atoms with Crippen LogP contribution in [0.3, 0.4) is 0 Å². The van der Waals surface area contributed by atoms with Crippen molar-refractivity contribution >= 4 is 40.6 Å². The number of nitrogen functional groups attached to an aromatic ring is 1. The third-order valence-electron chi connectivity index (χ3n) is 4.06. The van der Waals surface area contributed by atoms with Crippen molar-refractivity contribution in [2.24, 2.45) is 10.1 Å². The van der Waals surface area contributed by atoms with Gasteiger partial charge in [0.15, 0.2) is 5.82 Å². The molecule has 4 rings (SSSR count). The third kappa shape index (κ3) is 2.25. The summed E-state index contributed by atoms with van der Waals surface area (Å²) in [6, 6.07) is 11.3. The van der Waals surface area contributed by atoms with Gasteiger partial charge < -0.3 is 10.6 Å². The maximum Gasteiger partial charge on any atom is 0.219 e. The molecule has 7 nitrogen and oxygen atoms in total. The Bertz CT molecular complexity index is 876. The minimum atomic E-state index is -0.330. The Balaban J connectivity index is 1.83. The smallest absolute Gasteiger partial charge is 0.219 e. The highest BCUT2D eigenvalue weighted by Crippen LogP contribution is 2.31. The second-order valence-electron chi connectivity index (χ2n) is 5.63. The van der Waals surface area contributed by atoms with Crippen molar-refractivity contribution in [3.63, 3.8) is 0 Å². The Morgan fingerprint density at radius 3 is 2.92 bits per heavy atom. The molecule has 0 radical (unpaired) electrons. The number of hydrogen-bond donors (Lipinski definition) is 2. The molecule has 3 N–H and O–H groups in total. The summed E-state index contributed by atoms with van der Waals surface area (Å²) in [5.41, 5.74) is 10.7. The van der Waals surface area contributed by atoms with Gasteiger partial charge in [0, 0.05) is 17.8 Å². The van der Waals surface area contributed by atoms with Crippen molar-refractivity contribution in [3.05, 3.63) is 47.0 Å². The summed E-state index contributed by atoms with van der Waals surface area (Å²) in [7, 11) is 1.95. The van der Waals surface area contributed by atoms with Gasteiger partial charge >= 0.3 is 0 Å². The van der Waals surface area contributed by atoms with E-state index in [0.29, 0.717) is 10.8 Å². The van der Waals surface area contributed by atoms with Crippen LogP contribution in [0.5, 0.6) is 0 Å². The summed E-state index contributed by atoms with van der Waals surface area (Å²) in [6.07, 6.45) is -0.330. The van der Waals surface area contributed by atoms with Gasteiger partial charge in [-0.15, -0.1) is 0 Å². The number of benzene rings is 1. The van der Waals surface area contributed by atoms with Crippen LogP contribution in [-0.2, 0) is 0 Å². The van der Waals surface area contributed by atoms with E-state index in [1.54, 1.807) is 6.07 Å². The molecule has 3 heterocycles. The lowest BCUT2D eigenvalue weighted by molar-refractivity contribution is 0.598. The predicted molar refractivity (Wildman–Crippen MR) is 97.6 cm³/mol. The standard InChI is InChI=1S/C16H16ClN7/c1-9-21-22-16-20-14(23(2)11-5-3-4-10(17)8-11)12-6-7-13(18)19-15(12)24(9)16/h3-8,16,22H,1-2H3,(H2,18,19). The van der Waals surface area contributed by atoms with Crippen LogP contribution in [0.15, 0.2) is 46.5 Å². The summed E-state index contributed by atoms with van der Waals surface area (Å²) in [5.74, 6) is 2.77. The van der Waals surface area contributed by atoms with Crippen molar-refractivity contribution in [2.45, 2.75) is 13.2 Å². The number of hydrogen-bond acceptors (Lipinski definition) is 7. The predicted octanol–water partition coefficient (Wildman–Crippen LogP) is 2.24. The van der Waals surface area contributed by atoms with Crippen LogP contribution in [0.2, 0.25) is 5.02 Å².